The summed E-state index contributed by atoms with van der Waals surface area (Å²) in [6.45, 7) is 9.79. The molecule has 1 amide bonds. The molecular formula is C23H30N5O3S2+. The highest BCUT2D eigenvalue weighted by atomic mass is 32.2. The lowest BCUT2D eigenvalue weighted by Crippen LogP contribution is -3.14. The zero-order valence-corrected chi connectivity index (χ0v) is 21.0. The molecule has 176 valence electrons. The van der Waals surface area contributed by atoms with Gasteiger partial charge in [0.15, 0.2) is 0 Å². The number of likely N-dealkylation sites (N-methyl/N-ethyl adjacent to an activating group) is 1. The summed E-state index contributed by atoms with van der Waals surface area (Å²) in [5.74, 6) is 0.620. The largest absolute Gasteiger partial charge is 0.376 e. The van der Waals surface area contributed by atoms with Crippen LogP contribution in [0.5, 0.6) is 0 Å². The van der Waals surface area contributed by atoms with Crippen LogP contribution in [-0.2, 0) is 16.6 Å². The maximum atomic E-state index is 13.2. The lowest BCUT2D eigenvalue weighted by Gasteiger charge is -2.35. The van der Waals surface area contributed by atoms with Crippen LogP contribution >= 0.6 is 24.0 Å². The molecule has 0 spiro atoms. The number of hydrogen-bond donors (Lipinski definition) is 1. The molecular weight excluding hydrogens is 458 g/mol. The fourth-order valence-electron chi connectivity index (χ4n) is 4.76. The number of anilines is 1. The molecule has 1 N–H and O–H groups in total. The smallest absolute Gasteiger partial charge is 0.270 e. The summed E-state index contributed by atoms with van der Waals surface area (Å²) in [5.41, 5.74) is 1.15. The van der Waals surface area contributed by atoms with E-state index in [1.54, 1.807) is 23.4 Å². The van der Waals surface area contributed by atoms with Gasteiger partial charge in [-0.05, 0) is 38.3 Å². The molecule has 33 heavy (non-hydrogen) atoms. The van der Waals surface area contributed by atoms with Gasteiger partial charge in [0.2, 0.25) is 0 Å². The third kappa shape index (κ3) is 4.60. The lowest BCUT2D eigenvalue weighted by molar-refractivity contribution is -0.898. The van der Waals surface area contributed by atoms with Crippen molar-refractivity contribution in [3.8, 4) is 6.07 Å². The third-order valence-corrected chi connectivity index (χ3v) is 8.18. The normalized spacial score (nSPS) is 23.1. The molecule has 8 nitrogen and oxygen atoms in total. The van der Waals surface area contributed by atoms with Crippen molar-refractivity contribution in [3.63, 3.8) is 0 Å². The van der Waals surface area contributed by atoms with Gasteiger partial charge in [-0.1, -0.05) is 24.0 Å². The summed E-state index contributed by atoms with van der Waals surface area (Å²) < 4.78 is 7.77. The van der Waals surface area contributed by atoms with Crippen LogP contribution in [0.3, 0.4) is 0 Å². The number of nitrogens with zero attached hydrogens (tertiary/aromatic N) is 4. The number of amides is 1. The Morgan fingerprint density at radius 1 is 1.33 bits per heavy atom. The minimum atomic E-state index is -0.307. The van der Waals surface area contributed by atoms with Gasteiger partial charge in [-0.25, -0.2) is 0 Å². The van der Waals surface area contributed by atoms with E-state index in [0.717, 1.165) is 63.6 Å². The Morgan fingerprint density at radius 3 is 2.67 bits per heavy atom. The van der Waals surface area contributed by atoms with Crippen LogP contribution < -0.4 is 15.4 Å². The van der Waals surface area contributed by atoms with Gasteiger partial charge in [0.05, 0.1) is 50.3 Å². The van der Waals surface area contributed by atoms with Crippen LogP contribution in [0.15, 0.2) is 9.70 Å². The van der Waals surface area contributed by atoms with E-state index < -0.39 is 0 Å². The first-order valence-corrected chi connectivity index (χ1v) is 12.7. The Labute approximate surface area is 203 Å². The van der Waals surface area contributed by atoms with Crippen LogP contribution in [-0.4, -0.2) is 71.7 Å². The summed E-state index contributed by atoms with van der Waals surface area (Å²) >= 11 is 6.78. The van der Waals surface area contributed by atoms with Crippen molar-refractivity contribution in [2.24, 2.45) is 7.05 Å². The van der Waals surface area contributed by atoms with Crippen molar-refractivity contribution in [3.05, 3.63) is 31.9 Å². The highest BCUT2D eigenvalue weighted by Gasteiger charge is 2.35. The zero-order chi connectivity index (χ0) is 23.7. The molecule has 0 aliphatic carbocycles. The Balaban J connectivity index is 1.73. The van der Waals surface area contributed by atoms with E-state index in [1.165, 1.54) is 16.7 Å². The second-order valence-electron chi connectivity index (χ2n) is 8.73. The average molecular weight is 489 g/mol. The number of carbonyl (C=O) groups excluding carboxylic acids is 1. The molecule has 1 aromatic heterocycles. The van der Waals surface area contributed by atoms with Crippen molar-refractivity contribution < 1.29 is 14.4 Å². The third-order valence-electron chi connectivity index (χ3n) is 6.80. The van der Waals surface area contributed by atoms with E-state index >= 15 is 0 Å². The van der Waals surface area contributed by atoms with E-state index in [2.05, 4.69) is 17.9 Å². The molecule has 3 aliphatic heterocycles. The van der Waals surface area contributed by atoms with Gasteiger partial charge in [-0.15, -0.1) is 0 Å². The second kappa shape index (κ2) is 9.97. The number of nitriles is 1. The molecule has 0 saturated carbocycles. The Hall–Kier alpha value is -2.19. The summed E-state index contributed by atoms with van der Waals surface area (Å²) in [5, 5.41) is 9.66. The molecule has 0 bridgehead atoms. The fraction of sp³-hybridized carbons (Fsp3) is 0.565. The van der Waals surface area contributed by atoms with Gasteiger partial charge in [-0.3, -0.25) is 19.1 Å². The number of aromatic nitrogens is 1. The SMILES string of the molecule is CC[NH+]1CCN(c2c(/C=C3\SC(=S)N(C[C@H]4CCCO4)C3=O)c(C)c(C#N)c(=O)n2C)CC1. The molecule has 3 aliphatic rings. The predicted octanol–water partition coefficient (Wildman–Crippen LogP) is 0.670. The van der Waals surface area contributed by atoms with Crippen LogP contribution in [0, 0.1) is 18.3 Å². The maximum Gasteiger partial charge on any atom is 0.270 e. The molecule has 0 aromatic carbocycles. The number of nitrogens with one attached hydrogen (secondary N) is 1. The molecule has 10 heteroatoms. The minimum Gasteiger partial charge on any atom is -0.376 e. The summed E-state index contributed by atoms with van der Waals surface area (Å²) in [6.07, 6.45) is 3.76. The standard InChI is InChI=1S/C23H29N5O3S2/c1-4-26-7-9-27(10-8-26)20-17(15(2)18(13-24)21(29)25(20)3)12-19-22(30)28(23(32)33-19)14-16-6-5-11-31-16/h12,16H,4-11,14H2,1-3H3/p+1/b19-12-/t16-/m1/s1. The Morgan fingerprint density at radius 2 is 2.06 bits per heavy atom. The average Bonchev–Trinajstić information content (AvgIpc) is 3.42. The van der Waals surface area contributed by atoms with Crippen LogP contribution in [0.25, 0.3) is 6.08 Å². The number of piperazine rings is 1. The molecule has 1 aromatic rings. The number of thioether (sulfide) groups is 1. The second-order valence-corrected chi connectivity index (χ2v) is 10.4. The van der Waals surface area contributed by atoms with Gasteiger partial charge >= 0.3 is 0 Å². The zero-order valence-electron chi connectivity index (χ0n) is 19.3. The molecule has 4 rings (SSSR count). The number of pyridine rings is 1. The lowest BCUT2D eigenvalue weighted by atomic mass is 10.0. The van der Waals surface area contributed by atoms with E-state index in [-0.39, 0.29) is 23.1 Å². The van der Waals surface area contributed by atoms with E-state index in [0.29, 0.717) is 21.3 Å². The number of thiocarbonyl (C=S) groups is 1. The van der Waals surface area contributed by atoms with E-state index in [9.17, 15) is 14.9 Å². The first-order chi connectivity index (χ1) is 15.8. The van der Waals surface area contributed by atoms with Crippen LogP contribution in [0.2, 0.25) is 0 Å². The van der Waals surface area contributed by atoms with E-state index in [4.69, 9.17) is 17.0 Å². The molecule has 3 saturated heterocycles. The first-order valence-electron chi connectivity index (χ1n) is 11.4. The number of rotatable bonds is 5. The topological polar surface area (TPSA) is 83.0 Å². The van der Waals surface area contributed by atoms with Gasteiger partial charge in [0.1, 0.15) is 21.8 Å². The number of hydrogen-bond acceptors (Lipinski definition) is 7. The summed E-state index contributed by atoms with van der Waals surface area (Å²) in [6, 6.07) is 2.06. The number of carbonyl (C=O) groups is 1. The number of ether oxygens (including phenoxy) is 1. The van der Waals surface area contributed by atoms with Gasteiger partial charge in [0, 0.05) is 19.2 Å². The molecule has 4 heterocycles. The summed E-state index contributed by atoms with van der Waals surface area (Å²) in [7, 11) is 1.71. The van der Waals surface area contributed by atoms with Crippen molar-refractivity contribution in [1.29, 1.82) is 5.26 Å². The van der Waals surface area contributed by atoms with E-state index in [1.807, 2.05) is 6.08 Å². The highest BCUT2D eigenvalue weighted by Crippen LogP contribution is 2.36. The minimum absolute atomic E-state index is 0.0178. The van der Waals surface area contributed by atoms with Crippen molar-refractivity contribution in [2.75, 3.05) is 50.8 Å². The molecule has 3 fully saturated rings. The maximum absolute atomic E-state index is 13.2. The van der Waals surface area contributed by atoms with Crippen LogP contribution in [0.4, 0.5) is 5.82 Å². The van der Waals surface area contributed by atoms with Crippen LogP contribution in [0.1, 0.15) is 36.5 Å². The molecule has 0 radical (unpaired) electrons. The Bertz CT molecular complexity index is 1090. The fourth-order valence-corrected chi connectivity index (χ4v) is 6.02. The predicted molar refractivity (Wildman–Crippen MR) is 133 cm³/mol. The Kier molecular flexibility index (Phi) is 7.24. The first kappa shape index (κ1) is 24.0. The molecule has 1 atom stereocenters. The van der Waals surface area contributed by atoms with Crippen molar-refractivity contribution >= 4 is 46.1 Å². The quantitative estimate of drug-likeness (QED) is 0.482. The summed E-state index contributed by atoms with van der Waals surface area (Å²) in [4.78, 5) is 32.0. The number of quaternary nitrogens is 1. The van der Waals surface area contributed by atoms with Gasteiger partial charge in [0.25, 0.3) is 11.5 Å². The van der Waals surface area contributed by atoms with Crippen molar-refractivity contribution in [1.82, 2.24) is 9.47 Å². The van der Waals surface area contributed by atoms with Gasteiger partial charge < -0.3 is 14.5 Å². The van der Waals surface area contributed by atoms with Gasteiger partial charge in [-0.2, -0.15) is 5.26 Å². The molecule has 0 unspecified atom stereocenters. The highest BCUT2D eigenvalue weighted by molar-refractivity contribution is 8.26. The monoisotopic (exact) mass is 488 g/mol. The van der Waals surface area contributed by atoms with Crippen molar-refractivity contribution in [2.45, 2.75) is 32.8 Å².